The molecular weight excluding hydrogens is 346 g/mol. The van der Waals surface area contributed by atoms with Crippen molar-refractivity contribution in [2.75, 3.05) is 5.75 Å². The summed E-state index contributed by atoms with van der Waals surface area (Å²) in [4.78, 5) is 0. The van der Waals surface area contributed by atoms with Gasteiger partial charge in [0.25, 0.3) is 0 Å². The van der Waals surface area contributed by atoms with Crippen molar-refractivity contribution in [1.29, 1.82) is 0 Å². The second-order valence-electron chi connectivity index (χ2n) is 9.30. The SMILES string of the molecule is CC(CCc1ccccc1)C1CC2(CSN)CCC(c3ccccc3)(C1)C2. The third kappa shape index (κ3) is 3.98. The van der Waals surface area contributed by atoms with Gasteiger partial charge in [-0.2, -0.15) is 0 Å². The van der Waals surface area contributed by atoms with E-state index in [2.05, 4.69) is 67.6 Å². The van der Waals surface area contributed by atoms with Crippen LogP contribution in [0.15, 0.2) is 60.7 Å². The van der Waals surface area contributed by atoms with Crippen molar-refractivity contribution in [3.05, 3.63) is 71.8 Å². The number of fused-ring (bicyclic) bond motifs is 2. The van der Waals surface area contributed by atoms with Crippen molar-refractivity contribution >= 4 is 11.9 Å². The summed E-state index contributed by atoms with van der Waals surface area (Å²) in [5.41, 5.74) is 3.90. The van der Waals surface area contributed by atoms with Crippen LogP contribution in [0.2, 0.25) is 0 Å². The van der Waals surface area contributed by atoms with Gasteiger partial charge in [0.15, 0.2) is 0 Å². The van der Waals surface area contributed by atoms with E-state index in [1.165, 1.54) is 50.5 Å². The summed E-state index contributed by atoms with van der Waals surface area (Å²) in [6, 6.07) is 22.4. The maximum absolute atomic E-state index is 5.99. The molecule has 0 aliphatic heterocycles. The zero-order valence-corrected chi connectivity index (χ0v) is 17.4. The standard InChI is InChI=1S/C25H33NS/c1-20(12-13-21-8-4-2-5-9-21)22-16-24(19-27-26)14-15-25(17-22,18-24)23-10-6-3-7-11-23/h2-11,20,22H,12-19,26H2,1H3. The normalized spacial score (nSPS) is 31.0. The predicted molar refractivity (Wildman–Crippen MR) is 118 cm³/mol. The fourth-order valence-corrected chi connectivity index (χ4v) is 6.79. The van der Waals surface area contributed by atoms with Gasteiger partial charge in [-0.1, -0.05) is 79.5 Å². The molecule has 0 heterocycles. The monoisotopic (exact) mass is 379 g/mol. The number of aryl methyl sites for hydroxylation is 1. The van der Waals surface area contributed by atoms with Crippen LogP contribution in [-0.4, -0.2) is 5.75 Å². The largest absolute Gasteiger partial charge is 0.278 e. The van der Waals surface area contributed by atoms with E-state index >= 15 is 0 Å². The molecule has 27 heavy (non-hydrogen) atoms. The first-order valence-electron chi connectivity index (χ1n) is 10.6. The summed E-state index contributed by atoms with van der Waals surface area (Å²) in [6.45, 7) is 2.50. The quantitative estimate of drug-likeness (QED) is 0.565. The van der Waals surface area contributed by atoms with Crippen molar-refractivity contribution in [2.45, 2.75) is 57.3 Å². The molecule has 0 spiro atoms. The van der Waals surface area contributed by atoms with E-state index in [4.69, 9.17) is 5.14 Å². The molecule has 2 heteroatoms. The van der Waals surface area contributed by atoms with Crippen molar-refractivity contribution in [3.63, 3.8) is 0 Å². The minimum Gasteiger partial charge on any atom is -0.278 e. The number of benzene rings is 2. The molecule has 2 saturated carbocycles. The topological polar surface area (TPSA) is 26.0 Å². The van der Waals surface area contributed by atoms with Crippen LogP contribution in [0.25, 0.3) is 0 Å². The molecule has 2 aromatic rings. The molecule has 144 valence electrons. The summed E-state index contributed by atoms with van der Waals surface area (Å²) in [6.07, 6.45) is 9.29. The number of rotatable bonds is 7. The van der Waals surface area contributed by atoms with Crippen LogP contribution in [0.1, 0.15) is 56.6 Å². The molecule has 4 atom stereocenters. The zero-order chi connectivity index (χ0) is 18.7. The van der Waals surface area contributed by atoms with Gasteiger partial charge in [-0.25, -0.2) is 0 Å². The number of hydrogen-bond donors (Lipinski definition) is 1. The molecule has 2 fully saturated rings. The Morgan fingerprint density at radius 1 is 1.00 bits per heavy atom. The zero-order valence-electron chi connectivity index (χ0n) is 16.6. The molecule has 0 radical (unpaired) electrons. The van der Waals surface area contributed by atoms with Crippen molar-refractivity contribution in [2.24, 2.45) is 22.4 Å². The molecule has 2 N–H and O–H groups in total. The lowest BCUT2D eigenvalue weighted by Crippen LogP contribution is -2.39. The van der Waals surface area contributed by atoms with E-state index in [0.717, 1.165) is 17.6 Å². The highest BCUT2D eigenvalue weighted by molar-refractivity contribution is 7.97. The maximum atomic E-state index is 5.99. The molecule has 2 bridgehead atoms. The van der Waals surface area contributed by atoms with E-state index in [1.807, 2.05) is 0 Å². The Morgan fingerprint density at radius 3 is 2.41 bits per heavy atom. The molecule has 1 nitrogen and oxygen atoms in total. The third-order valence-electron chi connectivity index (χ3n) is 7.51. The molecule has 0 amide bonds. The highest BCUT2D eigenvalue weighted by atomic mass is 32.2. The van der Waals surface area contributed by atoms with Crippen LogP contribution in [0.3, 0.4) is 0 Å². The first-order valence-corrected chi connectivity index (χ1v) is 11.6. The minimum absolute atomic E-state index is 0.390. The second-order valence-corrected chi connectivity index (χ2v) is 9.93. The Balaban J connectivity index is 1.53. The van der Waals surface area contributed by atoms with Gasteiger partial charge in [0.2, 0.25) is 0 Å². The van der Waals surface area contributed by atoms with Crippen LogP contribution < -0.4 is 5.14 Å². The van der Waals surface area contributed by atoms with Crippen LogP contribution in [0.5, 0.6) is 0 Å². The number of nitrogens with two attached hydrogens (primary N) is 1. The fourth-order valence-electron chi connectivity index (χ4n) is 6.07. The van der Waals surface area contributed by atoms with Gasteiger partial charge in [-0.05, 0) is 78.7 Å². The fraction of sp³-hybridized carbons (Fsp3) is 0.520. The molecule has 4 unspecified atom stereocenters. The maximum Gasteiger partial charge on any atom is 0.0133 e. The second kappa shape index (κ2) is 8.01. The van der Waals surface area contributed by atoms with Crippen molar-refractivity contribution < 1.29 is 0 Å². The van der Waals surface area contributed by atoms with Gasteiger partial charge in [0.05, 0.1) is 0 Å². The van der Waals surface area contributed by atoms with Crippen LogP contribution in [-0.2, 0) is 11.8 Å². The molecule has 0 saturated heterocycles. The molecule has 4 rings (SSSR count). The highest BCUT2D eigenvalue weighted by Gasteiger charge is 2.54. The van der Waals surface area contributed by atoms with E-state index < -0.39 is 0 Å². The molecule has 2 aromatic carbocycles. The smallest absolute Gasteiger partial charge is 0.0133 e. The average molecular weight is 380 g/mol. The van der Waals surface area contributed by atoms with Crippen LogP contribution >= 0.6 is 11.9 Å². The summed E-state index contributed by atoms with van der Waals surface area (Å²) < 4.78 is 0. The Bertz CT molecular complexity index is 731. The van der Waals surface area contributed by atoms with Crippen LogP contribution in [0, 0.1) is 17.3 Å². The summed E-state index contributed by atoms with van der Waals surface area (Å²) in [5, 5.41) is 5.99. The van der Waals surface area contributed by atoms with Gasteiger partial charge in [0.1, 0.15) is 0 Å². The van der Waals surface area contributed by atoms with Gasteiger partial charge in [0, 0.05) is 5.75 Å². The van der Waals surface area contributed by atoms with E-state index in [-0.39, 0.29) is 0 Å². The summed E-state index contributed by atoms with van der Waals surface area (Å²) in [7, 11) is 0. The van der Waals surface area contributed by atoms with Crippen molar-refractivity contribution in [3.8, 4) is 0 Å². The molecule has 0 aromatic heterocycles. The van der Waals surface area contributed by atoms with Crippen molar-refractivity contribution in [1.82, 2.24) is 0 Å². The van der Waals surface area contributed by atoms with Gasteiger partial charge in [-0.3, -0.25) is 5.14 Å². The highest BCUT2D eigenvalue weighted by Crippen LogP contribution is 2.62. The van der Waals surface area contributed by atoms with E-state index in [9.17, 15) is 0 Å². The molecule has 2 aliphatic rings. The first-order chi connectivity index (χ1) is 13.1. The Labute approximate surface area is 169 Å². The Kier molecular flexibility index (Phi) is 5.66. The molecular formula is C25H33NS. The van der Waals surface area contributed by atoms with Gasteiger partial charge < -0.3 is 0 Å². The summed E-state index contributed by atoms with van der Waals surface area (Å²) >= 11 is 1.58. The van der Waals surface area contributed by atoms with Gasteiger partial charge in [-0.15, -0.1) is 0 Å². The third-order valence-corrected chi connectivity index (χ3v) is 8.29. The number of hydrogen-bond acceptors (Lipinski definition) is 2. The Morgan fingerprint density at radius 2 is 1.70 bits per heavy atom. The average Bonchev–Trinajstić information content (AvgIpc) is 2.99. The molecule has 2 aliphatic carbocycles. The van der Waals surface area contributed by atoms with E-state index in [1.54, 1.807) is 17.5 Å². The van der Waals surface area contributed by atoms with E-state index in [0.29, 0.717) is 10.8 Å². The van der Waals surface area contributed by atoms with Crippen LogP contribution in [0.4, 0.5) is 0 Å². The first kappa shape index (κ1) is 19.1. The summed E-state index contributed by atoms with van der Waals surface area (Å²) in [5.74, 6) is 2.72. The Hall–Kier alpha value is -1.25. The van der Waals surface area contributed by atoms with Gasteiger partial charge >= 0.3 is 0 Å². The lowest BCUT2D eigenvalue weighted by Gasteiger charge is -2.46. The predicted octanol–water partition coefficient (Wildman–Crippen LogP) is 6.38. The lowest BCUT2D eigenvalue weighted by molar-refractivity contribution is 0.114. The minimum atomic E-state index is 0.390. The lowest BCUT2D eigenvalue weighted by atomic mass is 9.60.